The smallest absolute Gasteiger partial charge is 0.210 e. The van der Waals surface area contributed by atoms with Gasteiger partial charge in [-0.3, -0.25) is 0 Å². The predicted octanol–water partition coefficient (Wildman–Crippen LogP) is 3.71. The van der Waals surface area contributed by atoms with Gasteiger partial charge in [-0.1, -0.05) is 13.0 Å². The van der Waals surface area contributed by atoms with Crippen LogP contribution in [0.1, 0.15) is 13.3 Å². The predicted molar refractivity (Wildman–Crippen MR) is 82.6 cm³/mol. The van der Waals surface area contributed by atoms with Gasteiger partial charge in [0.05, 0.1) is 14.2 Å². The van der Waals surface area contributed by atoms with Crippen molar-refractivity contribution in [3.05, 3.63) is 36.5 Å². The number of nitrogens with zero attached hydrogens (tertiary/aromatic N) is 1. The van der Waals surface area contributed by atoms with Crippen LogP contribution in [0.15, 0.2) is 36.5 Å². The van der Waals surface area contributed by atoms with Gasteiger partial charge in [0.15, 0.2) is 11.5 Å². The molecular formula is C16H20N2O3. The summed E-state index contributed by atoms with van der Waals surface area (Å²) >= 11 is 0. The summed E-state index contributed by atoms with van der Waals surface area (Å²) < 4.78 is 16.6. The number of para-hydroxylation sites is 1. The van der Waals surface area contributed by atoms with Crippen molar-refractivity contribution in [3.63, 3.8) is 0 Å². The second kappa shape index (κ2) is 7.38. The van der Waals surface area contributed by atoms with Crippen molar-refractivity contribution in [2.45, 2.75) is 13.3 Å². The van der Waals surface area contributed by atoms with Gasteiger partial charge in [0.1, 0.15) is 11.6 Å². The lowest BCUT2D eigenvalue weighted by molar-refractivity contribution is 0.346. The lowest BCUT2D eigenvalue weighted by Crippen LogP contribution is -2.01. The largest absolute Gasteiger partial charge is 0.493 e. The second-order valence-corrected chi connectivity index (χ2v) is 4.40. The highest BCUT2D eigenvalue weighted by molar-refractivity contribution is 5.53. The molecular weight excluding hydrogens is 268 g/mol. The first-order valence-electron chi connectivity index (χ1n) is 6.87. The quantitative estimate of drug-likeness (QED) is 0.841. The minimum Gasteiger partial charge on any atom is -0.493 e. The van der Waals surface area contributed by atoms with Crippen LogP contribution < -0.4 is 19.5 Å². The fourth-order valence-corrected chi connectivity index (χ4v) is 1.86. The summed E-state index contributed by atoms with van der Waals surface area (Å²) in [7, 11) is 3.20. The molecule has 2 rings (SSSR count). The van der Waals surface area contributed by atoms with Gasteiger partial charge in [-0.25, -0.2) is 4.98 Å². The zero-order valence-electron chi connectivity index (χ0n) is 12.6. The SMILES string of the molecule is CCCNc1cc(Oc2c(OC)cccc2OC)ccn1. The van der Waals surface area contributed by atoms with Crippen molar-refractivity contribution in [1.82, 2.24) is 4.98 Å². The summed E-state index contributed by atoms with van der Waals surface area (Å²) in [6.45, 7) is 2.97. The van der Waals surface area contributed by atoms with Gasteiger partial charge in [-0.2, -0.15) is 0 Å². The number of hydrogen-bond donors (Lipinski definition) is 1. The van der Waals surface area contributed by atoms with E-state index in [-0.39, 0.29) is 0 Å². The fourth-order valence-electron chi connectivity index (χ4n) is 1.86. The molecule has 1 aromatic heterocycles. The number of ether oxygens (including phenoxy) is 3. The Morgan fingerprint density at radius 3 is 2.43 bits per heavy atom. The average Bonchev–Trinajstić information content (AvgIpc) is 2.53. The van der Waals surface area contributed by atoms with Gasteiger partial charge >= 0.3 is 0 Å². The van der Waals surface area contributed by atoms with E-state index in [0.29, 0.717) is 23.0 Å². The summed E-state index contributed by atoms with van der Waals surface area (Å²) in [5, 5.41) is 3.22. The number of nitrogens with one attached hydrogen (secondary N) is 1. The molecule has 0 aliphatic carbocycles. The summed E-state index contributed by atoms with van der Waals surface area (Å²) in [6.07, 6.45) is 2.74. The summed E-state index contributed by atoms with van der Waals surface area (Å²) in [5.74, 6) is 3.24. The van der Waals surface area contributed by atoms with Gasteiger partial charge in [0, 0.05) is 18.8 Å². The zero-order valence-corrected chi connectivity index (χ0v) is 12.6. The Hall–Kier alpha value is -2.43. The van der Waals surface area contributed by atoms with Crippen LogP contribution in [-0.2, 0) is 0 Å². The van der Waals surface area contributed by atoms with Gasteiger partial charge in [0.2, 0.25) is 5.75 Å². The average molecular weight is 288 g/mol. The monoisotopic (exact) mass is 288 g/mol. The van der Waals surface area contributed by atoms with E-state index in [2.05, 4.69) is 17.2 Å². The maximum absolute atomic E-state index is 5.91. The van der Waals surface area contributed by atoms with Gasteiger partial charge in [-0.05, 0) is 24.6 Å². The van der Waals surface area contributed by atoms with Crippen molar-refractivity contribution >= 4 is 5.82 Å². The van der Waals surface area contributed by atoms with Crippen molar-refractivity contribution < 1.29 is 14.2 Å². The van der Waals surface area contributed by atoms with Crippen LogP contribution >= 0.6 is 0 Å². The van der Waals surface area contributed by atoms with Gasteiger partial charge < -0.3 is 19.5 Å². The van der Waals surface area contributed by atoms with Crippen LogP contribution in [0.4, 0.5) is 5.82 Å². The molecule has 0 radical (unpaired) electrons. The minimum atomic E-state index is 0.551. The van der Waals surface area contributed by atoms with Crippen molar-refractivity contribution in [1.29, 1.82) is 0 Å². The van der Waals surface area contributed by atoms with Crippen LogP contribution in [-0.4, -0.2) is 25.7 Å². The lowest BCUT2D eigenvalue weighted by Gasteiger charge is -2.14. The topological polar surface area (TPSA) is 52.6 Å². The van der Waals surface area contributed by atoms with E-state index in [9.17, 15) is 0 Å². The maximum atomic E-state index is 5.91. The molecule has 0 fully saturated rings. The van der Waals surface area contributed by atoms with E-state index in [0.717, 1.165) is 18.8 Å². The lowest BCUT2D eigenvalue weighted by atomic mass is 10.3. The van der Waals surface area contributed by atoms with Gasteiger partial charge in [0.25, 0.3) is 0 Å². The van der Waals surface area contributed by atoms with E-state index in [1.165, 1.54) is 0 Å². The molecule has 0 spiro atoms. The number of anilines is 1. The standard InChI is InChI=1S/C16H20N2O3/c1-4-9-17-15-11-12(8-10-18-15)21-16-13(19-2)6-5-7-14(16)20-3/h5-8,10-11H,4,9H2,1-3H3,(H,17,18). The fraction of sp³-hybridized carbons (Fsp3) is 0.312. The molecule has 2 aromatic rings. The van der Waals surface area contributed by atoms with Crippen molar-refractivity contribution in [3.8, 4) is 23.0 Å². The molecule has 0 saturated heterocycles. The van der Waals surface area contributed by atoms with Crippen LogP contribution in [0, 0.1) is 0 Å². The summed E-state index contributed by atoms with van der Waals surface area (Å²) in [6, 6.07) is 9.15. The van der Waals surface area contributed by atoms with E-state index < -0.39 is 0 Å². The number of pyridine rings is 1. The first kappa shape index (κ1) is 15.0. The highest BCUT2D eigenvalue weighted by Crippen LogP contribution is 2.40. The molecule has 0 bridgehead atoms. The molecule has 0 atom stereocenters. The molecule has 0 aliphatic heterocycles. The number of aromatic nitrogens is 1. The Bertz CT molecular complexity index is 565. The number of methoxy groups -OCH3 is 2. The molecule has 1 heterocycles. The first-order valence-corrected chi connectivity index (χ1v) is 6.87. The molecule has 0 unspecified atom stereocenters. The highest BCUT2D eigenvalue weighted by Gasteiger charge is 2.12. The Kier molecular flexibility index (Phi) is 5.26. The van der Waals surface area contributed by atoms with Crippen LogP contribution in [0.2, 0.25) is 0 Å². The second-order valence-electron chi connectivity index (χ2n) is 4.40. The third kappa shape index (κ3) is 3.78. The van der Waals surface area contributed by atoms with E-state index in [4.69, 9.17) is 14.2 Å². The Morgan fingerprint density at radius 2 is 1.81 bits per heavy atom. The highest BCUT2D eigenvalue weighted by atomic mass is 16.5. The third-order valence-electron chi connectivity index (χ3n) is 2.89. The molecule has 0 saturated carbocycles. The molecule has 5 heteroatoms. The molecule has 0 aliphatic rings. The van der Waals surface area contributed by atoms with Crippen LogP contribution in [0.3, 0.4) is 0 Å². The molecule has 0 amide bonds. The van der Waals surface area contributed by atoms with Crippen LogP contribution in [0.5, 0.6) is 23.0 Å². The van der Waals surface area contributed by atoms with E-state index in [1.54, 1.807) is 26.5 Å². The zero-order chi connectivity index (χ0) is 15.1. The van der Waals surface area contributed by atoms with E-state index in [1.807, 2.05) is 24.3 Å². The Labute approximate surface area is 124 Å². The maximum Gasteiger partial charge on any atom is 0.210 e. The molecule has 5 nitrogen and oxygen atoms in total. The van der Waals surface area contributed by atoms with E-state index >= 15 is 0 Å². The first-order chi connectivity index (χ1) is 10.3. The van der Waals surface area contributed by atoms with Gasteiger partial charge in [-0.15, -0.1) is 0 Å². The normalized spacial score (nSPS) is 10.0. The number of rotatable bonds is 7. The van der Waals surface area contributed by atoms with Crippen molar-refractivity contribution in [2.24, 2.45) is 0 Å². The third-order valence-corrected chi connectivity index (χ3v) is 2.89. The number of benzene rings is 1. The molecule has 1 aromatic carbocycles. The molecule has 112 valence electrons. The molecule has 21 heavy (non-hydrogen) atoms. The van der Waals surface area contributed by atoms with Crippen molar-refractivity contribution in [2.75, 3.05) is 26.1 Å². The molecule has 1 N–H and O–H groups in total. The van der Waals surface area contributed by atoms with Crippen LogP contribution in [0.25, 0.3) is 0 Å². The number of hydrogen-bond acceptors (Lipinski definition) is 5. The summed E-state index contributed by atoms with van der Waals surface area (Å²) in [4.78, 5) is 4.25. The Morgan fingerprint density at radius 1 is 1.10 bits per heavy atom. The summed E-state index contributed by atoms with van der Waals surface area (Å²) in [5.41, 5.74) is 0. The Balaban J connectivity index is 2.25. The minimum absolute atomic E-state index is 0.551.